The third-order valence-corrected chi connectivity index (χ3v) is 1.95. The standard InChI is InChI=1S/C10H13NO/c1-7-4-3-5-8(2)10(7)9(12)6-11/h3-5H,6,11H2,1-2H3. The fourth-order valence-electron chi connectivity index (χ4n) is 1.36. The molecule has 64 valence electrons. The number of rotatable bonds is 2. The lowest BCUT2D eigenvalue weighted by molar-refractivity contribution is 0.100. The molecule has 1 rings (SSSR count). The Labute approximate surface area is 72.4 Å². The number of carbonyl (C=O) groups excluding carboxylic acids is 1. The van der Waals surface area contributed by atoms with Crippen molar-refractivity contribution in [2.75, 3.05) is 6.54 Å². The third-order valence-electron chi connectivity index (χ3n) is 1.95. The largest absolute Gasteiger partial charge is 0.324 e. The summed E-state index contributed by atoms with van der Waals surface area (Å²) in [6.07, 6.45) is 0. The van der Waals surface area contributed by atoms with Gasteiger partial charge in [0.1, 0.15) is 0 Å². The van der Waals surface area contributed by atoms with E-state index in [4.69, 9.17) is 5.73 Å². The molecular weight excluding hydrogens is 150 g/mol. The van der Waals surface area contributed by atoms with Crippen molar-refractivity contribution < 1.29 is 4.79 Å². The number of hydrogen-bond acceptors (Lipinski definition) is 2. The highest BCUT2D eigenvalue weighted by Gasteiger charge is 2.08. The second kappa shape index (κ2) is 3.50. The van der Waals surface area contributed by atoms with Gasteiger partial charge in [0, 0.05) is 5.56 Å². The molecule has 0 atom stereocenters. The van der Waals surface area contributed by atoms with Crippen molar-refractivity contribution in [2.45, 2.75) is 13.8 Å². The van der Waals surface area contributed by atoms with Gasteiger partial charge in [-0.1, -0.05) is 18.2 Å². The molecule has 0 aliphatic rings. The number of ketones is 1. The van der Waals surface area contributed by atoms with Crippen molar-refractivity contribution in [3.63, 3.8) is 0 Å². The van der Waals surface area contributed by atoms with Crippen LogP contribution in [0.25, 0.3) is 0 Å². The maximum atomic E-state index is 11.3. The van der Waals surface area contributed by atoms with E-state index >= 15 is 0 Å². The second-order valence-electron chi connectivity index (χ2n) is 2.89. The first-order chi connectivity index (χ1) is 5.66. The fraction of sp³-hybridized carbons (Fsp3) is 0.300. The van der Waals surface area contributed by atoms with Gasteiger partial charge < -0.3 is 5.73 Å². The molecule has 1 aromatic rings. The zero-order chi connectivity index (χ0) is 9.14. The summed E-state index contributed by atoms with van der Waals surface area (Å²) >= 11 is 0. The van der Waals surface area contributed by atoms with E-state index in [-0.39, 0.29) is 12.3 Å². The number of hydrogen-bond donors (Lipinski definition) is 1. The second-order valence-corrected chi connectivity index (χ2v) is 2.89. The Kier molecular flexibility index (Phi) is 2.61. The highest BCUT2D eigenvalue weighted by atomic mass is 16.1. The number of benzene rings is 1. The molecule has 0 fully saturated rings. The lowest BCUT2D eigenvalue weighted by Gasteiger charge is -2.05. The van der Waals surface area contributed by atoms with Crippen LogP contribution in [0.2, 0.25) is 0 Å². The Bertz CT molecular complexity index is 284. The maximum absolute atomic E-state index is 11.3. The van der Waals surface area contributed by atoms with E-state index in [1.807, 2.05) is 32.0 Å². The average molecular weight is 163 g/mol. The van der Waals surface area contributed by atoms with Gasteiger partial charge in [0.15, 0.2) is 5.78 Å². The Morgan fingerprint density at radius 3 is 2.25 bits per heavy atom. The topological polar surface area (TPSA) is 43.1 Å². The smallest absolute Gasteiger partial charge is 0.176 e. The molecule has 2 nitrogen and oxygen atoms in total. The van der Waals surface area contributed by atoms with Gasteiger partial charge in [-0.15, -0.1) is 0 Å². The maximum Gasteiger partial charge on any atom is 0.176 e. The van der Waals surface area contributed by atoms with Crippen molar-refractivity contribution in [2.24, 2.45) is 5.73 Å². The lowest BCUT2D eigenvalue weighted by Crippen LogP contribution is -2.15. The van der Waals surface area contributed by atoms with Crippen LogP contribution in [0.5, 0.6) is 0 Å². The van der Waals surface area contributed by atoms with Crippen LogP contribution >= 0.6 is 0 Å². The summed E-state index contributed by atoms with van der Waals surface area (Å²) in [6.45, 7) is 3.94. The SMILES string of the molecule is Cc1cccc(C)c1C(=O)CN. The molecule has 0 heterocycles. The van der Waals surface area contributed by atoms with Crippen molar-refractivity contribution >= 4 is 5.78 Å². The average Bonchev–Trinajstić information content (AvgIpc) is 2.03. The van der Waals surface area contributed by atoms with Gasteiger partial charge in [0.05, 0.1) is 6.54 Å². The Morgan fingerprint density at radius 2 is 1.83 bits per heavy atom. The van der Waals surface area contributed by atoms with Crippen LogP contribution in [0, 0.1) is 13.8 Å². The van der Waals surface area contributed by atoms with Crippen molar-refractivity contribution in [3.05, 3.63) is 34.9 Å². The highest BCUT2D eigenvalue weighted by Crippen LogP contribution is 2.12. The summed E-state index contributed by atoms with van der Waals surface area (Å²) < 4.78 is 0. The number of nitrogens with two attached hydrogens (primary N) is 1. The molecule has 2 heteroatoms. The van der Waals surface area contributed by atoms with E-state index in [0.29, 0.717) is 0 Å². The normalized spacial score (nSPS) is 9.92. The third kappa shape index (κ3) is 1.53. The van der Waals surface area contributed by atoms with E-state index in [1.54, 1.807) is 0 Å². The van der Waals surface area contributed by atoms with E-state index < -0.39 is 0 Å². The van der Waals surface area contributed by atoms with Crippen LogP contribution in [-0.2, 0) is 0 Å². The molecule has 12 heavy (non-hydrogen) atoms. The summed E-state index contributed by atoms with van der Waals surface area (Å²) in [6, 6.07) is 5.80. The van der Waals surface area contributed by atoms with E-state index in [9.17, 15) is 4.79 Å². The zero-order valence-electron chi connectivity index (χ0n) is 7.42. The minimum atomic E-state index is 0.0191. The van der Waals surface area contributed by atoms with E-state index in [1.165, 1.54) is 0 Å². The predicted octanol–water partition coefficient (Wildman–Crippen LogP) is 1.44. The van der Waals surface area contributed by atoms with Crippen molar-refractivity contribution in [3.8, 4) is 0 Å². The van der Waals surface area contributed by atoms with Gasteiger partial charge in [-0.05, 0) is 25.0 Å². The van der Waals surface area contributed by atoms with Gasteiger partial charge in [0.25, 0.3) is 0 Å². The summed E-state index contributed by atoms with van der Waals surface area (Å²) in [5, 5.41) is 0. The predicted molar refractivity (Wildman–Crippen MR) is 49.3 cm³/mol. The molecule has 0 aromatic heterocycles. The van der Waals surface area contributed by atoms with Crippen LogP contribution in [-0.4, -0.2) is 12.3 Å². The highest BCUT2D eigenvalue weighted by molar-refractivity contribution is 6.00. The van der Waals surface area contributed by atoms with E-state index in [0.717, 1.165) is 16.7 Å². The number of aryl methyl sites for hydroxylation is 2. The fourth-order valence-corrected chi connectivity index (χ4v) is 1.36. The van der Waals surface area contributed by atoms with Crippen molar-refractivity contribution in [1.82, 2.24) is 0 Å². The zero-order valence-corrected chi connectivity index (χ0v) is 7.42. The first-order valence-corrected chi connectivity index (χ1v) is 3.96. The van der Waals surface area contributed by atoms with Crippen LogP contribution in [0.1, 0.15) is 21.5 Å². The molecule has 0 bridgehead atoms. The number of Topliss-reactive ketones (excluding diaryl/α,β-unsaturated/α-hetero) is 1. The van der Waals surface area contributed by atoms with Gasteiger partial charge in [-0.2, -0.15) is 0 Å². The van der Waals surface area contributed by atoms with Gasteiger partial charge in [-0.3, -0.25) is 4.79 Å². The molecule has 0 radical (unpaired) electrons. The van der Waals surface area contributed by atoms with Crippen molar-refractivity contribution in [1.29, 1.82) is 0 Å². The minimum Gasteiger partial charge on any atom is -0.324 e. The first-order valence-electron chi connectivity index (χ1n) is 3.96. The molecule has 0 aliphatic carbocycles. The summed E-state index contributed by atoms with van der Waals surface area (Å²) in [4.78, 5) is 11.3. The Balaban J connectivity index is 3.21. The minimum absolute atomic E-state index is 0.0191. The monoisotopic (exact) mass is 163 g/mol. The molecule has 0 saturated heterocycles. The summed E-state index contributed by atoms with van der Waals surface area (Å²) in [5.41, 5.74) is 8.08. The van der Waals surface area contributed by atoms with Gasteiger partial charge >= 0.3 is 0 Å². The van der Waals surface area contributed by atoms with Crippen LogP contribution in [0.15, 0.2) is 18.2 Å². The lowest BCUT2D eigenvalue weighted by atomic mass is 9.99. The first kappa shape index (κ1) is 8.94. The van der Waals surface area contributed by atoms with Gasteiger partial charge in [0.2, 0.25) is 0 Å². The molecule has 0 aliphatic heterocycles. The molecule has 0 unspecified atom stereocenters. The molecule has 2 N–H and O–H groups in total. The Morgan fingerprint density at radius 1 is 1.33 bits per heavy atom. The molecule has 0 spiro atoms. The summed E-state index contributed by atoms with van der Waals surface area (Å²) in [7, 11) is 0. The van der Waals surface area contributed by atoms with E-state index in [2.05, 4.69) is 0 Å². The quantitative estimate of drug-likeness (QED) is 0.670. The molecular formula is C10H13NO. The molecule has 0 saturated carbocycles. The van der Waals surface area contributed by atoms with Crippen LogP contribution < -0.4 is 5.73 Å². The van der Waals surface area contributed by atoms with Crippen LogP contribution in [0.4, 0.5) is 0 Å². The Hall–Kier alpha value is -1.15. The van der Waals surface area contributed by atoms with Crippen LogP contribution in [0.3, 0.4) is 0 Å². The molecule has 0 amide bonds. The number of carbonyl (C=O) groups is 1. The summed E-state index contributed by atoms with van der Waals surface area (Å²) in [5.74, 6) is 0.0191. The molecule has 1 aromatic carbocycles. The van der Waals surface area contributed by atoms with Gasteiger partial charge in [-0.25, -0.2) is 0 Å².